The topological polar surface area (TPSA) is 65.3 Å². The second-order valence-electron chi connectivity index (χ2n) is 7.92. The van der Waals surface area contributed by atoms with Gasteiger partial charge < -0.3 is 8.98 Å². The van der Waals surface area contributed by atoms with Crippen LogP contribution in [0.15, 0.2) is 70.1 Å². The Morgan fingerprint density at radius 3 is 2.59 bits per heavy atom. The third-order valence-corrected chi connectivity index (χ3v) is 5.93. The van der Waals surface area contributed by atoms with Crippen molar-refractivity contribution in [2.24, 2.45) is 0 Å². The molecule has 0 saturated heterocycles. The number of halogens is 1. The Hall–Kier alpha value is -3.64. The first-order valence-electron chi connectivity index (χ1n) is 10.3. The van der Waals surface area contributed by atoms with Crippen molar-refractivity contribution in [1.29, 1.82) is 0 Å². The van der Waals surface area contributed by atoms with E-state index in [0.717, 1.165) is 16.8 Å². The van der Waals surface area contributed by atoms with Crippen molar-refractivity contribution in [2.75, 3.05) is 0 Å². The first kappa shape index (κ1) is 20.3. The fourth-order valence-electron chi connectivity index (χ4n) is 3.67. The maximum atomic E-state index is 13.2. The van der Waals surface area contributed by atoms with Crippen LogP contribution in [-0.4, -0.2) is 19.2 Å². The van der Waals surface area contributed by atoms with Crippen molar-refractivity contribution in [2.45, 2.75) is 27.3 Å². The molecule has 0 fully saturated rings. The molecule has 7 heteroatoms. The highest BCUT2D eigenvalue weighted by molar-refractivity contribution is 6.30. The first-order chi connectivity index (χ1) is 15.4. The Morgan fingerprint density at radius 2 is 1.81 bits per heavy atom. The van der Waals surface area contributed by atoms with E-state index in [2.05, 4.69) is 36.1 Å². The summed E-state index contributed by atoms with van der Waals surface area (Å²) in [5.74, 6) is 1.14. The summed E-state index contributed by atoms with van der Waals surface area (Å²) in [6.45, 7) is 6.29. The van der Waals surface area contributed by atoms with E-state index in [1.54, 1.807) is 33.6 Å². The van der Waals surface area contributed by atoms with E-state index in [4.69, 9.17) is 16.0 Å². The highest BCUT2D eigenvalue weighted by atomic mass is 35.5. The zero-order chi connectivity index (χ0) is 22.4. The highest BCUT2D eigenvalue weighted by Crippen LogP contribution is 2.25. The molecule has 0 bridgehead atoms. The van der Waals surface area contributed by atoms with Gasteiger partial charge in [-0.25, -0.2) is 9.50 Å². The third kappa shape index (κ3) is 3.63. The van der Waals surface area contributed by atoms with Crippen molar-refractivity contribution >= 4 is 17.1 Å². The number of hydrogen-bond acceptors (Lipinski definition) is 4. The molecule has 0 unspecified atom stereocenters. The summed E-state index contributed by atoms with van der Waals surface area (Å²) in [6.07, 6.45) is 3.51. The Morgan fingerprint density at radius 1 is 0.969 bits per heavy atom. The van der Waals surface area contributed by atoms with E-state index >= 15 is 0 Å². The number of hydrogen-bond donors (Lipinski definition) is 0. The van der Waals surface area contributed by atoms with E-state index in [9.17, 15) is 4.79 Å². The monoisotopic (exact) mass is 444 g/mol. The lowest BCUT2D eigenvalue weighted by molar-refractivity contribution is 0.537. The number of aryl methyl sites for hydroxylation is 3. The molecule has 32 heavy (non-hydrogen) atoms. The molecule has 3 heterocycles. The van der Waals surface area contributed by atoms with Gasteiger partial charge in [-0.15, -0.1) is 0 Å². The van der Waals surface area contributed by atoms with Crippen LogP contribution >= 0.6 is 11.6 Å². The lowest BCUT2D eigenvalue weighted by Crippen LogP contribution is -2.22. The van der Waals surface area contributed by atoms with Gasteiger partial charge >= 0.3 is 0 Å². The Kier molecular flexibility index (Phi) is 4.94. The molecule has 0 N–H and O–H groups in total. The SMILES string of the molecule is Cc1ccc(-c2cc3c(=O)n(Cc4nc(-c5cccc(Cl)c5)oc4C)ccn3n2)cc1C. The van der Waals surface area contributed by atoms with Crippen molar-refractivity contribution in [3.05, 3.63) is 98.9 Å². The van der Waals surface area contributed by atoms with Crippen LogP contribution in [0.4, 0.5) is 0 Å². The molecule has 0 amide bonds. The summed E-state index contributed by atoms with van der Waals surface area (Å²) >= 11 is 6.09. The summed E-state index contributed by atoms with van der Waals surface area (Å²) in [7, 11) is 0. The van der Waals surface area contributed by atoms with Gasteiger partial charge in [0.2, 0.25) is 5.89 Å². The largest absolute Gasteiger partial charge is 0.441 e. The summed E-state index contributed by atoms with van der Waals surface area (Å²) in [5.41, 5.74) is 6.03. The van der Waals surface area contributed by atoms with E-state index in [1.807, 2.05) is 31.2 Å². The molecule has 5 rings (SSSR count). The fourth-order valence-corrected chi connectivity index (χ4v) is 3.86. The molecule has 0 saturated carbocycles. The van der Waals surface area contributed by atoms with Crippen LogP contribution in [0.25, 0.3) is 28.2 Å². The molecule has 0 aliphatic carbocycles. The molecule has 2 aromatic carbocycles. The maximum absolute atomic E-state index is 13.2. The van der Waals surface area contributed by atoms with E-state index in [1.165, 1.54) is 11.1 Å². The van der Waals surface area contributed by atoms with Gasteiger partial charge in [-0.3, -0.25) is 4.79 Å². The number of oxazole rings is 1. The molecule has 0 spiro atoms. The fraction of sp³-hybridized carbons (Fsp3) is 0.160. The molecule has 6 nitrogen and oxygen atoms in total. The van der Waals surface area contributed by atoms with Gasteiger partial charge in [0.15, 0.2) is 0 Å². The quantitative estimate of drug-likeness (QED) is 0.370. The molecular formula is C25H21ClN4O2. The van der Waals surface area contributed by atoms with Crippen molar-refractivity contribution < 1.29 is 4.42 Å². The van der Waals surface area contributed by atoms with Crippen LogP contribution in [0.3, 0.4) is 0 Å². The third-order valence-electron chi connectivity index (χ3n) is 5.69. The van der Waals surface area contributed by atoms with Gasteiger partial charge in [-0.05, 0) is 62.2 Å². The van der Waals surface area contributed by atoms with Crippen molar-refractivity contribution in [1.82, 2.24) is 19.2 Å². The zero-order valence-electron chi connectivity index (χ0n) is 18.0. The number of nitrogens with zero attached hydrogens (tertiary/aromatic N) is 4. The minimum Gasteiger partial charge on any atom is -0.441 e. The van der Waals surface area contributed by atoms with Gasteiger partial charge in [-0.1, -0.05) is 29.8 Å². The van der Waals surface area contributed by atoms with Crippen LogP contribution in [0, 0.1) is 20.8 Å². The van der Waals surface area contributed by atoms with E-state index in [0.29, 0.717) is 34.4 Å². The molecule has 3 aromatic heterocycles. The molecular weight excluding hydrogens is 424 g/mol. The minimum absolute atomic E-state index is 0.137. The van der Waals surface area contributed by atoms with Gasteiger partial charge in [0, 0.05) is 28.5 Å². The Labute approximate surface area is 189 Å². The van der Waals surface area contributed by atoms with Crippen LogP contribution in [0.5, 0.6) is 0 Å². The van der Waals surface area contributed by atoms with Gasteiger partial charge in [0.25, 0.3) is 5.56 Å². The molecule has 0 aliphatic heterocycles. The molecule has 0 aliphatic rings. The number of benzene rings is 2. The number of fused-ring (bicyclic) bond motifs is 1. The van der Waals surface area contributed by atoms with Crippen LogP contribution in [0.2, 0.25) is 5.02 Å². The highest BCUT2D eigenvalue weighted by Gasteiger charge is 2.15. The van der Waals surface area contributed by atoms with Gasteiger partial charge in [0.1, 0.15) is 17.0 Å². The van der Waals surface area contributed by atoms with Crippen LogP contribution in [-0.2, 0) is 6.54 Å². The van der Waals surface area contributed by atoms with Gasteiger partial charge in [0.05, 0.1) is 12.2 Å². The molecule has 5 aromatic rings. The molecule has 0 radical (unpaired) electrons. The normalized spacial score (nSPS) is 11.4. The standard InChI is InChI=1S/C25H21ClN4O2/c1-15-7-8-18(11-16(15)2)21-13-23-25(31)29(9-10-30(23)28-21)14-22-17(3)32-24(27-22)19-5-4-6-20(26)12-19/h4-13H,14H2,1-3H3. The number of aromatic nitrogens is 4. The molecule has 160 valence electrons. The van der Waals surface area contributed by atoms with Crippen molar-refractivity contribution in [3.63, 3.8) is 0 Å². The number of rotatable bonds is 4. The lowest BCUT2D eigenvalue weighted by Gasteiger charge is -2.04. The zero-order valence-corrected chi connectivity index (χ0v) is 18.7. The minimum atomic E-state index is -0.137. The predicted molar refractivity (Wildman–Crippen MR) is 125 cm³/mol. The van der Waals surface area contributed by atoms with E-state index < -0.39 is 0 Å². The van der Waals surface area contributed by atoms with Crippen molar-refractivity contribution in [3.8, 4) is 22.7 Å². The Bertz CT molecular complexity index is 1530. The smallest absolute Gasteiger partial charge is 0.276 e. The summed E-state index contributed by atoms with van der Waals surface area (Å²) in [5, 5.41) is 5.20. The maximum Gasteiger partial charge on any atom is 0.276 e. The second-order valence-corrected chi connectivity index (χ2v) is 8.36. The average Bonchev–Trinajstić information content (AvgIpc) is 3.36. The van der Waals surface area contributed by atoms with E-state index in [-0.39, 0.29) is 5.56 Å². The summed E-state index contributed by atoms with van der Waals surface area (Å²) in [6, 6.07) is 15.4. The lowest BCUT2D eigenvalue weighted by atomic mass is 10.0. The predicted octanol–water partition coefficient (Wildman–Crippen LogP) is 5.44. The summed E-state index contributed by atoms with van der Waals surface area (Å²) < 4.78 is 9.08. The average molecular weight is 445 g/mol. The second kappa shape index (κ2) is 7.80. The first-order valence-corrected chi connectivity index (χ1v) is 10.7. The van der Waals surface area contributed by atoms with Crippen LogP contribution < -0.4 is 5.56 Å². The van der Waals surface area contributed by atoms with Gasteiger partial charge in [-0.2, -0.15) is 5.10 Å². The summed E-state index contributed by atoms with van der Waals surface area (Å²) in [4.78, 5) is 17.8. The Balaban J connectivity index is 1.50. The van der Waals surface area contributed by atoms with Crippen LogP contribution in [0.1, 0.15) is 22.6 Å². The molecule has 0 atom stereocenters.